The Hall–Kier alpha value is -3.08. The fraction of sp³-hybridized carbons (Fsp3) is 0.276. The summed E-state index contributed by atoms with van der Waals surface area (Å²) in [5.41, 5.74) is 4.69. The maximum Gasteiger partial charge on any atom is 0.251 e. The fourth-order valence-electron chi connectivity index (χ4n) is 4.88. The van der Waals surface area contributed by atoms with Crippen molar-refractivity contribution in [2.45, 2.75) is 31.8 Å². The zero-order valence-corrected chi connectivity index (χ0v) is 20.0. The Labute approximate surface area is 206 Å². The summed E-state index contributed by atoms with van der Waals surface area (Å²) in [6, 6.07) is 26.7. The van der Waals surface area contributed by atoms with Gasteiger partial charge in [0.25, 0.3) is 5.91 Å². The van der Waals surface area contributed by atoms with Gasteiger partial charge in [-0.25, -0.2) is 0 Å². The van der Waals surface area contributed by atoms with Gasteiger partial charge in [-0.2, -0.15) is 0 Å². The Morgan fingerprint density at radius 2 is 1.62 bits per heavy atom. The van der Waals surface area contributed by atoms with Gasteiger partial charge >= 0.3 is 0 Å². The molecular formula is C29H30ClN3O. The van der Waals surface area contributed by atoms with Crippen LogP contribution in [0, 0.1) is 0 Å². The van der Waals surface area contributed by atoms with Crippen LogP contribution in [0.4, 0.5) is 0 Å². The van der Waals surface area contributed by atoms with Gasteiger partial charge in [0, 0.05) is 59.9 Å². The van der Waals surface area contributed by atoms with E-state index < -0.39 is 0 Å². The number of halogens is 1. The molecule has 1 saturated heterocycles. The summed E-state index contributed by atoms with van der Waals surface area (Å²) < 4.78 is 2.37. The van der Waals surface area contributed by atoms with Gasteiger partial charge in [0.15, 0.2) is 0 Å². The van der Waals surface area contributed by atoms with E-state index >= 15 is 0 Å². The highest BCUT2D eigenvalue weighted by Gasteiger charge is 2.21. The van der Waals surface area contributed by atoms with Gasteiger partial charge in [0.2, 0.25) is 0 Å². The Morgan fingerprint density at radius 1 is 0.912 bits per heavy atom. The van der Waals surface area contributed by atoms with E-state index in [9.17, 15) is 4.79 Å². The minimum absolute atomic E-state index is 0.0126. The highest BCUT2D eigenvalue weighted by Crippen LogP contribution is 2.24. The molecule has 2 heterocycles. The van der Waals surface area contributed by atoms with Crippen LogP contribution in [-0.2, 0) is 13.0 Å². The van der Waals surface area contributed by atoms with Gasteiger partial charge < -0.3 is 14.8 Å². The Kier molecular flexibility index (Phi) is 6.98. The van der Waals surface area contributed by atoms with Gasteiger partial charge in [-0.1, -0.05) is 60.1 Å². The molecule has 4 aromatic rings. The minimum atomic E-state index is -0.0126. The molecule has 1 fully saturated rings. The predicted molar refractivity (Wildman–Crippen MR) is 140 cm³/mol. The van der Waals surface area contributed by atoms with Crippen LogP contribution in [0.15, 0.2) is 85.1 Å². The number of piperidine rings is 1. The molecule has 3 aromatic carbocycles. The number of fused-ring (bicyclic) bond motifs is 1. The molecule has 1 aromatic heterocycles. The molecule has 0 radical (unpaired) electrons. The van der Waals surface area contributed by atoms with Crippen molar-refractivity contribution in [1.82, 2.24) is 14.8 Å². The topological polar surface area (TPSA) is 37.3 Å². The third-order valence-electron chi connectivity index (χ3n) is 6.79. The standard InChI is InChI=1S/C29H30ClN3O/c30-25-12-10-23(11-13-25)29(34)31-26-15-18-32(19-16-26)17-14-24-21-33(20-22-6-2-1-3-7-22)28-9-5-4-8-27(24)28/h1-13,21,26H,14-20H2,(H,31,34). The number of likely N-dealkylation sites (tertiary alicyclic amines) is 1. The minimum Gasteiger partial charge on any atom is -0.349 e. The molecule has 0 saturated carbocycles. The van der Waals surface area contributed by atoms with E-state index in [0.717, 1.165) is 45.4 Å². The van der Waals surface area contributed by atoms with E-state index in [1.165, 1.54) is 22.0 Å². The lowest BCUT2D eigenvalue weighted by atomic mass is 10.0. The third-order valence-corrected chi connectivity index (χ3v) is 7.05. The molecule has 1 aliphatic heterocycles. The largest absolute Gasteiger partial charge is 0.349 e. The number of carbonyl (C=O) groups is 1. The van der Waals surface area contributed by atoms with Crippen LogP contribution >= 0.6 is 11.6 Å². The summed E-state index contributed by atoms with van der Waals surface area (Å²) in [7, 11) is 0. The predicted octanol–water partition coefficient (Wildman–Crippen LogP) is 5.78. The first kappa shape index (κ1) is 22.7. The first-order chi connectivity index (χ1) is 16.7. The molecule has 0 spiro atoms. The van der Waals surface area contributed by atoms with Crippen molar-refractivity contribution in [3.8, 4) is 0 Å². The van der Waals surface area contributed by atoms with Gasteiger partial charge in [0.1, 0.15) is 0 Å². The zero-order chi connectivity index (χ0) is 23.3. The smallest absolute Gasteiger partial charge is 0.251 e. The molecule has 5 heteroatoms. The van der Waals surface area contributed by atoms with Crippen LogP contribution in [0.5, 0.6) is 0 Å². The lowest BCUT2D eigenvalue weighted by Gasteiger charge is -2.32. The monoisotopic (exact) mass is 471 g/mol. The SMILES string of the molecule is O=C(NC1CCN(CCc2cn(Cc3ccccc3)c3ccccc23)CC1)c1ccc(Cl)cc1. The second-order valence-electron chi connectivity index (χ2n) is 9.13. The van der Waals surface area contributed by atoms with Crippen LogP contribution in [0.1, 0.15) is 34.3 Å². The number of nitrogens with one attached hydrogen (secondary N) is 1. The third kappa shape index (κ3) is 5.35. The zero-order valence-electron chi connectivity index (χ0n) is 19.3. The maximum atomic E-state index is 12.5. The summed E-state index contributed by atoms with van der Waals surface area (Å²) in [4.78, 5) is 15.0. The second-order valence-corrected chi connectivity index (χ2v) is 9.57. The number of aromatic nitrogens is 1. The highest BCUT2D eigenvalue weighted by atomic mass is 35.5. The molecule has 4 nitrogen and oxygen atoms in total. The average Bonchev–Trinajstić information content (AvgIpc) is 3.22. The van der Waals surface area contributed by atoms with Gasteiger partial charge in [-0.15, -0.1) is 0 Å². The molecular weight excluding hydrogens is 442 g/mol. The van der Waals surface area contributed by atoms with E-state index in [0.29, 0.717) is 10.6 Å². The molecule has 1 amide bonds. The van der Waals surface area contributed by atoms with Crippen molar-refractivity contribution in [3.63, 3.8) is 0 Å². The number of hydrogen-bond donors (Lipinski definition) is 1. The van der Waals surface area contributed by atoms with Crippen molar-refractivity contribution in [2.24, 2.45) is 0 Å². The number of para-hydroxylation sites is 1. The van der Waals surface area contributed by atoms with Crippen molar-refractivity contribution >= 4 is 28.4 Å². The van der Waals surface area contributed by atoms with Crippen molar-refractivity contribution in [1.29, 1.82) is 0 Å². The molecule has 0 atom stereocenters. The van der Waals surface area contributed by atoms with Gasteiger partial charge in [0.05, 0.1) is 0 Å². The number of nitrogens with zero attached hydrogens (tertiary/aromatic N) is 2. The highest BCUT2D eigenvalue weighted by molar-refractivity contribution is 6.30. The molecule has 174 valence electrons. The normalized spacial score (nSPS) is 15.0. The molecule has 1 aliphatic rings. The molecule has 34 heavy (non-hydrogen) atoms. The number of amides is 1. The van der Waals surface area contributed by atoms with E-state index in [-0.39, 0.29) is 11.9 Å². The average molecular weight is 472 g/mol. The molecule has 0 unspecified atom stereocenters. The van der Waals surface area contributed by atoms with Crippen molar-refractivity contribution in [3.05, 3.63) is 107 Å². The number of carbonyl (C=O) groups excluding carboxylic acids is 1. The summed E-state index contributed by atoms with van der Waals surface area (Å²) in [6.07, 6.45) is 5.32. The summed E-state index contributed by atoms with van der Waals surface area (Å²) in [5.74, 6) is -0.0126. The van der Waals surface area contributed by atoms with E-state index in [2.05, 4.69) is 75.6 Å². The van der Waals surface area contributed by atoms with Crippen LogP contribution in [-0.4, -0.2) is 41.1 Å². The number of rotatable bonds is 7. The molecule has 0 bridgehead atoms. The van der Waals surface area contributed by atoms with E-state index in [1.807, 2.05) is 0 Å². The fourth-order valence-corrected chi connectivity index (χ4v) is 5.01. The molecule has 0 aliphatic carbocycles. The lowest BCUT2D eigenvalue weighted by molar-refractivity contribution is 0.0911. The van der Waals surface area contributed by atoms with E-state index in [1.54, 1.807) is 24.3 Å². The lowest BCUT2D eigenvalue weighted by Crippen LogP contribution is -2.45. The summed E-state index contributed by atoms with van der Waals surface area (Å²) in [5, 5.41) is 5.18. The second kappa shape index (κ2) is 10.5. The van der Waals surface area contributed by atoms with Crippen LogP contribution in [0.3, 0.4) is 0 Å². The van der Waals surface area contributed by atoms with Gasteiger partial charge in [-0.05, 0) is 60.7 Å². The molecule has 1 N–H and O–H groups in total. The van der Waals surface area contributed by atoms with Crippen molar-refractivity contribution < 1.29 is 4.79 Å². The van der Waals surface area contributed by atoms with Crippen LogP contribution in [0.2, 0.25) is 5.02 Å². The van der Waals surface area contributed by atoms with Crippen LogP contribution in [0.25, 0.3) is 10.9 Å². The summed E-state index contributed by atoms with van der Waals surface area (Å²) in [6.45, 7) is 3.94. The van der Waals surface area contributed by atoms with Crippen molar-refractivity contribution in [2.75, 3.05) is 19.6 Å². The van der Waals surface area contributed by atoms with Gasteiger partial charge in [-0.3, -0.25) is 4.79 Å². The Balaban J connectivity index is 1.17. The van der Waals surface area contributed by atoms with Crippen LogP contribution < -0.4 is 5.32 Å². The van der Waals surface area contributed by atoms with E-state index in [4.69, 9.17) is 11.6 Å². The Morgan fingerprint density at radius 3 is 2.38 bits per heavy atom. The summed E-state index contributed by atoms with van der Waals surface area (Å²) >= 11 is 5.93. The quantitative estimate of drug-likeness (QED) is 0.371. The maximum absolute atomic E-state index is 12.5. The first-order valence-corrected chi connectivity index (χ1v) is 12.4. The molecule has 5 rings (SSSR count). The number of hydrogen-bond acceptors (Lipinski definition) is 2. The first-order valence-electron chi connectivity index (χ1n) is 12.1. The number of benzene rings is 3. The Bertz CT molecular complexity index is 1240.